The summed E-state index contributed by atoms with van der Waals surface area (Å²) >= 11 is 0. The molecule has 0 radical (unpaired) electrons. The Bertz CT molecular complexity index is 844. The van der Waals surface area contributed by atoms with Gasteiger partial charge in [0.05, 0.1) is 6.54 Å². The number of carbonyl (C=O) groups is 1. The van der Waals surface area contributed by atoms with Crippen LogP contribution in [0.1, 0.15) is 25.6 Å². The van der Waals surface area contributed by atoms with Crippen molar-refractivity contribution >= 4 is 11.9 Å². The molecule has 1 aliphatic heterocycles. The third-order valence-electron chi connectivity index (χ3n) is 5.09. The number of pyridine rings is 1. The largest absolute Gasteiger partial charge is 0.357 e. The standard InChI is InChI=1S/C21H32N8O2/c1-4-22-21(25-16-9-13-29(14-10-16)15-19(30)28(2)3)24-12-8-18-26-20(31-27-18)17-7-5-6-11-23-17/h5-7,11,16H,4,8-10,12-15H2,1-3H3,(H2,22,24,25). The van der Waals surface area contributed by atoms with Crippen LogP contribution in [-0.4, -0.2) is 89.7 Å². The van der Waals surface area contributed by atoms with E-state index in [0.29, 0.717) is 43.0 Å². The molecule has 0 aromatic carbocycles. The van der Waals surface area contributed by atoms with Gasteiger partial charge in [-0.2, -0.15) is 4.98 Å². The first-order chi connectivity index (χ1) is 15.0. The fourth-order valence-corrected chi connectivity index (χ4v) is 3.30. The zero-order valence-electron chi connectivity index (χ0n) is 18.5. The van der Waals surface area contributed by atoms with E-state index in [0.717, 1.165) is 38.4 Å². The van der Waals surface area contributed by atoms with Crippen LogP contribution in [0.3, 0.4) is 0 Å². The van der Waals surface area contributed by atoms with Crippen LogP contribution in [-0.2, 0) is 11.2 Å². The van der Waals surface area contributed by atoms with Gasteiger partial charge in [0.15, 0.2) is 11.8 Å². The van der Waals surface area contributed by atoms with Gasteiger partial charge >= 0.3 is 0 Å². The van der Waals surface area contributed by atoms with Crippen LogP contribution in [0, 0.1) is 0 Å². The maximum absolute atomic E-state index is 11.9. The zero-order chi connectivity index (χ0) is 22.1. The number of carbonyl (C=O) groups excluding carboxylic acids is 1. The highest BCUT2D eigenvalue weighted by molar-refractivity contribution is 5.80. The molecule has 0 aliphatic carbocycles. The predicted octanol–water partition coefficient (Wildman–Crippen LogP) is 0.782. The van der Waals surface area contributed by atoms with Crippen molar-refractivity contribution in [2.45, 2.75) is 32.2 Å². The maximum Gasteiger partial charge on any atom is 0.276 e. The van der Waals surface area contributed by atoms with Crippen molar-refractivity contribution in [3.05, 3.63) is 30.2 Å². The van der Waals surface area contributed by atoms with Gasteiger partial charge in [-0.05, 0) is 31.9 Å². The minimum absolute atomic E-state index is 0.147. The van der Waals surface area contributed by atoms with Crippen molar-refractivity contribution in [1.29, 1.82) is 0 Å². The molecule has 10 heteroatoms. The molecule has 3 rings (SSSR count). The summed E-state index contributed by atoms with van der Waals surface area (Å²) in [6.45, 7) is 5.66. The van der Waals surface area contributed by atoms with Crippen molar-refractivity contribution in [3.8, 4) is 11.6 Å². The third kappa shape index (κ3) is 7.02. The molecule has 0 unspecified atom stereocenters. The number of aromatic nitrogens is 3. The van der Waals surface area contributed by atoms with Gasteiger partial charge in [0.25, 0.3) is 5.89 Å². The second-order valence-electron chi connectivity index (χ2n) is 7.72. The number of hydrogen-bond donors (Lipinski definition) is 2. The van der Waals surface area contributed by atoms with Crippen LogP contribution in [0.4, 0.5) is 0 Å². The van der Waals surface area contributed by atoms with Crippen LogP contribution in [0.25, 0.3) is 11.6 Å². The molecule has 0 saturated carbocycles. The number of hydrogen-bond acceptors (Lipinski definition) is 7. The summed E-state index contributed by atoms with van der Waals surface area (Å²) in [6.07, 6.45) is 4.23. The summed E-state index contributed by atoms with van der Waals surface area (Å²) in [5.74, 6) is 1.97. The average Bonchev–Trinajstić information content (AvgIpc) is 3.25. The molecule has 1 aliphatic rings. The van der Waals surface area contributed by atoms with Gasteiger partial charge in [0, 0.05) is 58.9 Å². The van der Waals surface area contributed by atoms with Gasteiger partial charge in [-0.25, -0.2) is 0 Å². The molecule has 1 fully saturated rings. The van der Waals surface area contributed by atoms with E-state index < -0.39 is 0 Å². The fraction of sp³-hybridized carbons (Fsp3) is 0.571. The second kappa shape index (κ2) is 11.4. The number of likely N-dealkylation sites (tertiary alicyclic amines) is 1. The highest BCUT2D eigenvalue weighted by Crippen LogP contribution is 2.13. The summed E-state index contributed by atoms with van der Waals surface area (Å²) in [5, 5.41) is 10.8. The molecule has 0 atom stereocenters. The number of aliphatic imine (C=N–C) groups is 1. The minimum atomic E-state index is 0.147. The molecule has 1 amide bonds. The summed E-state index contributed by atoms with van der Waals surface area (Å²) in [4.78, 5) is 29.0. The fourth-order valence-electron chi connectivity index (χ4n) is 3.30. The summed E-state index contributed by atoms with van der Waals surface area (Å²) in [7, 11) is 3.59. The number of nitrogens with one attached hydrogen (secondary N) is 2. The Kier molecular flexibility index (Phi) is 8.34. The molecule has 10 nitrogen and oxygen atoms in total. The molecule has 0 bridgehead atoms. The van der Waals surface area contributed by atoms with E-state index in [9.17, 15) is 4.79 Å². The predicted molar refractivity (Wildman–Crippen MR) is 119 cm³/mol. The van der Waals surface area contributed by atoms with Gasteiger partial charge in [0.1, 0.15) is 5.69 Å². The molecule has 0 spiro atoms. The van der Waals surface area contributed by atoms with Crippen molar-refractivity contribution in [1.82, 2.24) is 35.6 Å². The molecule has 2 aromatic heterocycles. The Hall–Kier alpha value is -3.01. The van der Waals surface area contributed by atoms with Crippen molar-refractivity contribution in [3.63, 3.8) is 0 Å². The minimum Gasteiger partial charge on any atom is -0.357 e. The van der Waals surface area contributed by atoms with Crippen LogP contribution in [0.5, 0.6) is 0 Å². The Morgan fingerprint density at radius 1 is 1.32 bits per heavy atom. The average molecular weight is 429 g/mol. The Labute approximate surface area is 183 Å². The van der Waals surface area contributed by atoms with Crippen molar-refractivity contribution < 1.29 is 9.32 Å². The maximum atomic E-state index is 11.9. The van der Waals surface area contributed by atoms with Crippen LogP contribution in [0.15, 0.2) is 33.9 Å². The molecule has 3 heterocycles. The molecular formula is C21H32N8O2. The molecule has 168 valence electrons. The molecule has 31 heavy (non-hydrogen) atoms. The van der Waals surface area contributed by atoms with Crippen molar-refractivity contribution in [2.24, 2.45) is 4.99 Å². The molecule has 1 saturated heterocycles. The number of guanidine groups is 1. The smallest absolute Gasteiger partial charge is 0.276 e. The molecule has 2 N–H and O–H groups in total. The first-order valence-electron chi connectivity index (χ1n) is 10.8. The number of amides is 1. The van der Waals surface area contributed by atoms with E-state index in [1.807, 2.05) is 25.1 Å². The van der Waals surface area contributed by atoms with Crippen LogP contribution in [0.2, 0.25) is 0 Å². The highest BCUT2D eigenvalue weighted by atomic mass is 16.5. The van der Waals surface area contributed by atoms with E-state index in [-0.39, 0.29) is 5.91 Å². The zero-order valence-corrected chi connectivity index (χ0v) is 18.5. The quantitative estimate of drug-likeness (QED) is 0.469. The lowest BCUT2D eigenvalue weighted by Crippen LogP contribution is -2.50. The summed E-state index contributed by atoms with van der Waals surface area (Å²) in [6, 6.07) is 5.90. The molecular weight excluding hydrogens is 396 g/mol. The number of likely N-dealkylation sites (N-methyl/N-ethyl adjacent to an activating group) is 1. The summed E-state index contributed by atoms with van der Waals surface area (Å²) in [5.41, 5.74) is 0.665. The SMILES string of the molecule is CCNC(=NCCc1noc(-c2ccccn2)n1)NC1CCN(CC(=O)N(C)C)CC1. The van der Waals surface area contributed by atoms with Gasteiger partial charge < -0.3 is 20.1 Å². The Morgan fingerprint density at radius 2 is 2.13 bits per heavy atom. The Balaban J connectivity index is 1.46. The Morgan fingerprint density at radius 3 is 2.81 bits per heavy atom. The van der Waals surface area contributed by atoms with Gasteiger partial charge in [-0.15, -0.1) is 0 Å². The lowest BCUT2D eigenvalue weighted by atomic mass is 10.1. The summed E-state index contributed by atoms with van der Waals surface area (Å²) < 4.78 is 5.29. The van der Waals surface area contributed by atoms with E-state index in [2.05, 4.69) is 35.7 Å². The molecule has 2 aromatic rings. The number of piperidine rings is 1. The van der Waals surface area contributed by atoms with Crippen molar-refractivity contribution in [2.75, 3.05) is 46.8 Å². The van der Waals surface area contributed by atoms with Gasteiger partial charge in [0.2, 0.25) is 5.91 Å². The first kappa shape index (κ1) is 22.7. The first-order valence-corrected chi connectivity index (χ1v) is 10.8. The van der Waals surface area contributed by atoms with Crippen LogP contribution < -0.4 is 10.6 Å². The van der Waals surface area contributed by atoms with Gasteiger partial charge in [-0.3, -0.25) is 19.7 Å². The van der Waals surface area contributed by atoms with E-state index in [1.54, 1.807) is 25.2 Å². The van der Waals surface area contributed by atoms with E-state index >= 15 is 0 Å². The number of nitrogens with zero attached hydrogens (tertiary/aromatic N) is 6. The van der Waals surface area contributed by atoms with E-state index in [4.69, 9.17) is 4.52 Å². The second-order valence-corrected chi connectivity index (χ2v) is 7.72. The number of rotatable bonds is 8. The lowest BCUT2D eigenvalue weighted by Gasteiger charge is -2.33. The highest BCUT2D eigenvalue weighted by Gasteiger charge is 2.22. The van der Waals surface area contributed by atoms with E-state index in [1.165, 1.54) is 0 Å². The monoisotopic (exact) mass is 428 g/mol. The topological polar surface area (TPSA) is 112 Å². The lowest BCUT2D eigenvalue weighted by molar-refractivity contribution is -0.130. The normalized spacial score (nSPS) is 15.6. The van der Waals surface area contributed by atoms with Gasteiger partial charge in [-0.1, -0.05) is 11.2 Å². The van der Waals surface area contributed by atoms with Crippen LogP contribution >= 0.6 is 0 Å². The third-order valence-corrected chi connectivity index (χ3v) is 5.09.